The van der Waals surface area contributed by atoms with Crippen LogP contribution < -0.4 is 4.74 Å². The first-order valence-corrected chi connectivity index (χ1v) is 25.5. The third-order valence-corrected chi connectivity index (χ3v) is 16.4. The van der Waals surface area contributed by atoms with Crippen molar-refractivity contribution in [3.8, 4) is 5.75 Å². The Morgan fingerprint density at radius 3 is 2.01 bits per heavy atom. The molecule has 22 heteroatoms. The van der Waals surface area contributed by atoms with Crippen molar-refractivity contribution in [2.45, 2.75) is 139 Å². The predicted molar refractivity (Wildman–Crippen MR) is 256 cm³/mol. The molecule has 5 aliphatic rings. The van der Waals surface area contributed by atoms with E-state index in [0.717, 1.165) is 21.0 Å². The van der Waals surface area contributed by atoms with E-state index in [9.17, 15) is 41.1 Å². The van der Waals surface area contributed by atoms with E-state index in [1.807, 2.05) is 0 Å². The molecule has 0 aromatic heterocycles. The number of nitrogens with zero attached hydrogens (tertiary/aromatic N) is 1. The van der Waals surface area contributed by atoms with Gasteiger partial charge in [-0.2, -0.15) is 21.6 Å². The number of hydrogen-bond acceptors (Lipinski definition) is 17. The number of alkyl halides is 3. The van der Waals surface area contributed by atoms with E-state index in [1.54, 1.807) is 81.4 Å². The second kappa shape index (κ2) is 19.6. The molecule has 1 N–H and O–H groups in total. The minimum absolute atomic E-state index is 0.0774. The first kappa shape index (κ1) is 55.3. The fourth-order valence-electron chi connectivity index (χ4n) is 11.8. The van der Waals surface area contributed by atoms with Gasteiger partial charge in [0.15, 0.2) is 23.7 Å². The number of ether oxygens (including phenoxy) is 8. The first-order valence-electron chi connectivity index (χ1n) is 24.1. The Morgan fingerprint density at radius 1 is 0.867 bits per heavy atom. The highest BCUT2D eigenvalue weighted by molar-refractivity contribution is 7.87. The summed E-state index contributed by atoms with van der Waals surface area (Å²) in [6.45, 7) is 11.0. The summed E-state index contributed by atoms with van der Waals surface area (Å²) < 4.78 is 123. The molecular weight excluding hydrogens is 1010 g/mol. The standard InChI is InChI=1S/C53H60F3NO17S/c1-28-34(69-46(61)40-38(30-17-13-11-14-18-30)57(47(62)73-48(3,4)5)44(70-40)31-21-23-33(66-9)24-22-31)26-52(63)43(71-45(60)32-19-15-12-16-20-32)41-50(8,42(59)39(67-10)37(28)49(52,6)7)35(74-75(64,65)53(54,55)56)25-36-51(41,27-68-36)72-29(2)58/h11-24,34-36,38-41,43-44,63H,25-27H2,1-10H3/t34-,35-,36+,38-,39+,40+,41-,43-,44+,50+,51-,52+/m0/s1. The van der Waals surface area contributed by atoms with Crippen molar-refractivity contribution >= 4 is 39.9 Å². The number of carbonyl (C=O) groups excluding carboxylic acids is 5. The maximum absolute atomic E-state index is 15.9. The lowest BCUT2D eigenvalue weighted by Crippen LogP contribution is -2.82. The van der Waals surface area contributed by atoms with E-state index in [-0.39, 0.29) is 16.7 Å². The highest BCUT2D eigenvalue weighted by Gasteiger charge is 2.79. The van der Waals surface area contributed by atoms with Gasteiger partial charge in [0.1, 0.15) is 47.4 Å². The van der Waals surface area contributed by atoms with Crippen molar-refractivity contribution in [3.63, 3.8) is 0 Å². The molecule has 8 rings (SSSR count). The van der Waals surface area contributed by atoms with Gasteiger partial charge in [-0.15, -0.1) is 0 Å². The highest BCUT2D eigenvalue weighted by atomic mass is 32.2. The quantitative estimate of drug-likeness (QED) is 0.0656. The number of Topliss-reactive ketones (excluding diaryl/α,β-unsaturated/α-hetero) is 1. The molecule has 0 spiro atoms. The summed E-state index contributed by atoms with van der Waals surface area (Å²) in [4.78, 5) is 74.8. The third kappa shape index (κ3) is 9.38. The van der Waals surface area contributed by atoms with Gasteiger partial charge in [-0.1, -0.05) is 74.5 Å². The van der Waals surface area contributed by atoms with Gasteiger partial charge in [0, 0.05) is 37.9 Å². The molecule has 4 fully saturated rings. The Balaban J connectivity index is 1.32. The predicted octanol–water partition coefficient (Wildman–Crippen LogP) is 7.25. The maximum Gasteiger partial charge on any atom is 0.523 e. The summed E-state index contributed by atoms with van der Waals surface area (Å²) in [6, 6.07) is 21.1. The molecule has 2 saturated heterocycles. The number of aliphatic hydroxyl groups is 1. The summed E-state index contributed by atoms with van der Waals surface area (Å²) in [5.74, 6) is -5.80. The zero-order valence-electron chi connectivity index (χ0n) is 42.9. The van der Waals surface area contributed by atoms with Crippen LogP contribution in [0.3, 0.4) is 0 Å². The van der Waals surface area contributed by atoms with E-state index in [4.69, 9.17) is 42.1 Å². The molecule has 3 aliphatic carbocycles. The van der Waals surface area contributed by atoms with Crippen LogP contribution in [0.25, 0.3) is 0 Å². The molecule has 406 valence electrons. The van der Waals surface area contributed by atoms with Crippen LogP contribution in [0.15, 0.2) is 96.1 Å². The Labute approximate surface area is 431 Å². The van der Waals surface area contributed by atoms with Gasteiger partial charge in [0.25, 0.3) is 0 Å². The lowest BCUT2D eigenvalue weighted by molar-refractivity contribution is -0.344. The lowest BCUT2D eigenvalue weighted by atomic mass is 9.44. The van der Waals surface area contributed by atoms with Gasteiger partial charge < -0.3 is 43.0 Å². The fourth-order valence-corrected chi connectivity index (χ4v) is 12.5. The van der Waals surface area contributed by atoms with E-state index < -0.39 is 147 Å². The smallest absolute Gasteiger partial charge is 0.497 e. The van der Waals surface area contributed by atoms with Crippen LogP contribution >= 0.6 is 0 Å². The molecule has 3 aromatic rings. The molecule has 3 aromatic carbocycles. The summed E-state index contributed by atoms with van der Waals surface area (Å²) in [5.41, 5.74) is -15.4. The topological polar surface area (TPSA) is 226 Å². The molecule has 2 heterocycles. The molecule has 0 radical (unpaired) electrons. The molecule has 2 aliphatic heterocycles. The Morgan fingerprint density at radius 2 is 1.48 bits per heavy atom. The van der Waals surface area contributed by atoms with Crippen LogP contribution in [0.5, 0.6) is 5.75 Å². The van der Waals surface area contributed by atoms with Crippen molar-refractivity contribution in [1.29, 1.82) is 0 Å². The Hall–Kier alpha value is -5.91. The zero-order chi connectivity index (χ0) is 55.0. The molecular formula is C53H60F3NO17S. The van der Waals surface area contributed by atoms with Crippen LogP contribution in [0.4, 0.5) is 18.0 Å². The van der Waals surface area contributed by atoms with Crippen LogP contribution in [-0.4, -0.2) is 128 Å². The van der Waals surface area contributed by atoms with E-state index >= 15 is 9.59 Å². The number of carbonyl (C=O) groups is 5. The number of benzene rings is 3. The Kier molecular flexibility index (Phi) is 14.4. The van der Waals surface area contributed by atoms with E-state index in [1.165, 1.54) is 57.0 Å². The van der Waals surface area contributed by atoms with Crippen molar-refractivity contribution in [3.05, 3.63) is 113 Å². The number of rotatable bonds is 11. The summed E-state index contributed by atoms with van der Waals surface area (Å²) in [5, 5.41) is 14.0. The lowest BCUT2D eigenvalue weighted by Gasteiger charge is -2.67. The molecule has 12 atom stereocenters. The average Bonchev–Trinajstić information content (AvgIpc) is 3.75. The van der Waals surface area contributed by atoms with Gasteiger partial charge in [0.05, 0.1) is 36.7 Å². The minimum Gasteiger partial charge on any atom is -0.497 e. The van der Waals surface area contributed by atoms with Gasteiger partial charge in [-0.3, -0.25) is 18.7 Å². The van der Waals surface area contributed by atoms with Crippen LogP contribution in [0.2, 0.25) is 0 Å². The largest absolute Gasteiger partial charge is 0.523 e. The molecule has 18 nitrogen and oxygen atoms in total. The van der Waals surface area contributed by atoms with Crippen molar-refractivity contribution < 1.29 is 92.7 Å². The number of halogens is 3. The third-order valence-electron chi connectivity index (χ3n) is 15.4. The monoisotopic (exact) mass is 1070 g/mol. The average molecular weight is 1070 g/mol. The molecule has 2 bridgehead atoms. The van der Waals surface area contributed by atoms with E-state index in [2.05, 4.69) is 0 Å². The van der Waals surface area contributed by atoms with Gasteiger partial charge >= 0.3 is 39.6 Å². The van der Waals surface area contributed by atoms with Crippen LogP contribution in [0.1, 0.15) is 102 Å². The van der Waals surface area contributed by atoms with Crippen molar-refractivity contribution in [2.75, 3.05) is 20.8 Å². The number of ketones is 1. The van der Waals surface area contributed by atoms with Crippen LogP contribution in [0, 0.1) is 16.7 Å². The number of fused-ring (bicyclic) bond motifs is 5. The van der Waals surface area contributed by atoms with Crippen molar-refractivity contribution in [2.24, 2.45) is 16.7 Å². The van der Waals surface area contributed by atoms with Crippen LogP contribution in [-0.2, 0) is 61.8 Å². The highest BCUT2D eigenvalue weighted by Crippen LogP contribution is 2.65. The van der Waals surface area contributed by atoms with Gasteiger partial charge in [0.2, 0.25) is 0 Å². The summed E-state index contributed by atoms with van der Waals surface area (Å²) >= 11 is 0. The Bertz CT molecular complexity index is 2860. The summed E-state index contributed by atoms with van der Waals surface area (Å²) in [6.07, 6.45) is -14.7. The molecule has 0 unspecified atom stereocenters. The van der Waals surface area contributed by atoms with E-state index in [0.29, 0.717) is 16.9 Å². The minimum atomic E-state index is -6.51. The summed E-state index contributed by atoms with van der Waals surface area (Å²) in [7, 11) is -3.93. The number of amides is 1. The number of methoxy groups -OCH3 is 2. The molecule has 2 saturated carbocycles. The number of hydrogen-bond donors (Lipinski definition) is 1. The van der Waals surface area contributed by atoms with Crippen molar-refractivity contribution in [1.82, 2.24) is 4.90 Å². The first-order chi connectivity index (χ1) is 35.0. The SMILES string of the molecule is COc1ccc([C@H]2O[C@@H](C(=O)O[C@H]3C[C@@]4(O)[C@@H](OC(=O)c5ccccc5)[C@@H]5[C@]6(OC(C)=O)CO[C@@H]6C[C@H](OS(=O)(=O)C(F)(F)F)[C@@]5(C)C(=O)[C@H](OC)C(=C3C)C4(C)C)[C@H](c3ccccc3)N2C(=O)OC(C)(C)C)cc1. The second-order valence-electron chi connectivity index (χ2n) is 21.2. The zero-order valence-corrected chi connectivity index (χ0v) is 43.7. The van der Waals surface area contributed by atoms with Gasteiger partial charge in [-0.05, 0) is 75.6 Å². The maximum atomic E-state index is 15.9. The number of esters is 3. The molecule has 1 amide bonds. The molecule has 75 heavy (non-hydrogen) atoms. The second-order valence-corrected chi connectivity index (χ2v) is 22.8. The fraction of sp³-hybridized carbons (Fsp3) is 0.528. The normalized spacial score (nSPS) is 32.4. The van der Waals surface area contributed by atoms with Gasteiger partial charge in [-0.25, -0.2) is 14.4 Å².